The van der Waals surface area contributed by atoms with Gasteiger partial charge in [-0.2, -0.15) is 0 Å². The van der Waals surface area contributed by atoms with Gasteiger partial charge >= 0.3 is 0 Å². The largest absolute Gasteiger partial charge is 0.489 e. The first-order valence-electron chi connectivity index (χ1n) is 14.2. The molecule has 218 valence electrons. The fourth-order valence-electron chi connectivity index (χ4n) is 6.15. The van der Waals surface area contributed by atoms with Crippen molar-refractivity contribution in [3.05, 3.63) is 85.6 Å². The number of carbonyl (C=O) groups excluding carboxylic acids is 3. The number of fused-ring (bicyclic) bond motifs is 1. The lowest BCUT2D eigenvalue weighted by molar-refractivity contribution is -0.136. The molecule has 0 saturated carbocycles. The fourth-order valence-corrected chi connectivity index (χ4v) is 6.15. The van der Waals surface area contributed by atoms with Crippen molar-refractivity contribution >= 4 is 17.7 Å². The van der Waals surface area contributed by atoms with Gasteiger partial charge in [-0.3, -0.25) is 24.6 Å². The number of nitrogens with one attached hydrogen (secondary N) is 1. The van der Waals surface area contributed by atoms with E-state index in [1.165, 1.54) is 10.5 Å². The molecule has 2 aromatic rings. The molecule has 3 aliphatic heterocycles. The summed E-state index contributed by atoms with van der Waals surface area (Å²) in [4.78, 5) is 46.7. The Hall–Kier alpha value is -4.57. The molecule has 0 radical (unpaired) electrons. The van der Waals surface area contributed by atoms with Gasteiger partial charge in [0, 0.05) is 47.0 Å². The van der Waals surface area contributed by atoms with E-state index < -0.39 is 11.9 Å². The molecule has 0 spiro atoms. The predicted molar refractivity (Wildman–Crippen MR) is 153 cm³/mol. The van der Waals surface area contributed by atoms with Gasteiger partial charge in [0.15, 0.2) is 0 Å². The average molecular weight is 572 g/mol. The van der Waals surface area contributed by atoms with Crippen LogP contribution in [-0.2, 0) is 29.3 Å². The van der Waals surface area contributed by atoms with Crippen LogP contribution in [0.15, 0.2) is 52.7 Å². The van der Waals surface area contributed by atoms with Gasteiger partial charge in [0.25, 0.3) is 5.91 Å². The normalized spacial score (nSPS) is 19.9. The van der Waals surface area contributed by atoms with Crippen molar-refractivity contribution in [2.24, 2.45) is 22.1 Å². The van der Waals surface area contributed by atoms with Crippen LogP contribution in [0.3, 0.4) is 0 Å². The lowest BCUT2D eigenvalue weighted by Gasteiger charge is -2.35. The number of hydrogen-bond donors (Lipinski definition) is 1. The van der Waals surface area contributed by atoms with E-state index >= 15 is 0 Å². The second-order valence-electron chi connectivity index (χ2n) is 11.0. The van der Waals surface area contributed by atoms with Crippen LogP contribution < -0.4 is 10.1 Å². The molecule has 2 fully saturated rings. The van der Waals surface area contributed by atoms with E-state index in [1.807, 2.05) is 18.2 Å². The van der Waals surface area contributed by atoms with E-state index in [1.54, 1.807) is 12.1 Å². The first kappa shape index (κ1) is 28.9. The zero-order chi connectivity index (χ0) is 29.5. The number of hydrogen-bond acceptors (Lipinski definition) is 7. The van der Waals surface area contributed by atoms with Gasteiger partial charge in [0.2, 0.25) is 11.8 Å². The van der Waals surface area contributed by atoms with Crippen molar-refractivity contribution in [2.75, 3.05) is 26.2 Å². The summed E-state index contributed by atoms with van der Waals surface area (Å²) < 4.78 is 6.20. The molecule has 1 unspecified atom stereocenters. The summed E-state index contributed by atoms with van der Waals surface area (Å²) in [7, 11) is 0. The van der Waals surface area contributed by atoms with E-state index in [4.69, 9.17) is 15.8 Å². The van der Waals surface area contributed by atoms with Crippen LogP contribution >= 0.6 is 0 Å². The lowest BCUT2D eigenvalue weighted by Crippen LogP contribution is -2.52. The summed E-state index contributed by atoms with van der Waals surface area (Å²) >= 11 is 0. The number of likely N-dealkylation sites (tertiary alicyclic amines) is 1. The minimum absolute atomic E-state index is 0.0604. The smallest absolute Gasteiger partial charge is 0.255 e. The molecule has 3 heterocycles. The summed E-state index contributed by atoms with van der Waals surface area (Å²) in [6.07, 6.45) is 2.42. The summed E-state index contributed by atoms with van der Waals surface area (Å²) in [5.41, 5.74) is 20.9. The van der Waals surface area contributed by atoms with Crippen LogP contribution in [0.2, 0.25) is 0 Å². The van der Waals surface area contributed by atoms with E-state index in [0.717, 1.165) is 43.6 Å². The Morgan fingerprint density at radius 1 is 0.976 bits per heavy atom. The Kier molecular flexibility index (Phi) is 9.23. The number of ether oxygens (including phenoxy) is 1. The molecule has 0 aromatic heterocycles. The van der Waals surface area contributed by atoms with Crippen molar-refractivity contribution in [3.8, 4) is 5.75 Å². The van der Waals surface area contributed by atoms with Crippen LogP contribution in [0.5, 0.6) is 5.75 Å². The van der Waals surface area contributed by atoms with Gasteiger partial charge < -0.3 is 9.64 Å². The molecule has 1 atom stereocenters. The number of imide groups is 1. The highest BCUT2D eigenvalue weighted by atomic mass is 16.5. The zero-order valence-corrected chi connectivity index (χ0v) is 23.3. The Labute approximate surface area is 243 Å². The highest BCUT2D eigenvalue weighted by Gasteiger charge is 2.40. The molecule has 0 bridgehead atoms. The van der Waals surface area contributed by atoms with Gasteiger partial charge in [-0.25, -0.2) is 0 Å². The van der Waals surface area contributed by atoms with Gasteiger partial charge in [-0.1, -0.05) is 40.6 Å². The number of carbonyl (C=O) groups is 3. The minimum atomic E-state index is -0.666. The fraction of sp³-hybridized carbons (Fsp3) is 0.483. The molecule has 0 aliphatic carbocycles. The maximum absolute atomic E-state index is 13.1. The highest BCUT2D eigenvalue weighted by Crippen LogP contribution is 2.34. The minimum Gasteiger partial charge on any atom is -0.489 e. The number of azide groups is 2. The van der Waals surface area contributed by atoms with Crippen molar-refractivity contribution in [2.45, 2.75) is 51.4 Å². The van der Waals surface area contributed by atoms with Crippen molar-refractivity contribution in [3.63, 3.8) is 0 Å². The quantitative estimate of drug-likeness (QED) is 0.181. The molecule has 5 rings (SSSR count). The first-order valence-corrected chi connectivity index (χ1v) is 14.2. The molecule has 1 N–H and O–H groups in total. The topological polar surface area (TPSA) is 176 Å². The summed E-state index contributed by atoms with van der Waals surface area (Å²) in [6, 6.07) is 12.9. The Balaban J connectivity index is 1.17. The van der Waals surface area contributed by atoms with Gasteiger partial charge in [0.05, 0.1) is 6.54 Å². The monoisotopic (exact) mass is 571 g/mol. The van der Waals surface area contributed by atoms with Crippen molar-refractivity contribution in [1.82, 2.24) is 15.1 Å². The van der Waals surface area contributed by atoms with Crippen LogP contribution in [0.25, 0.3) is 20.9 Å². The highest BCUT2D eigenvalue weighted by molar-refractivity contribution is 6.05. The molecule has 3 aliphatic rings. The number of piperidine rings is 2. The Bertz CT molecular complexity index is 1420. The molecule has 2 aromatic carbocycles. The number of amides is 3. The molecular formula is C29H33N9O4. The van der Waals surface area contributed by atoms with Crippen LogP contribution in [0.1, 0.15) is 52.7 Å². The standard InChI is InChI=1S/C29H33N9O4/c30-35-32-14-22(15-33-36-31)21-9-11-37(12-10-21)16-19-3-1-4-20(13-19)18-42-26-6-2-5-23-24(26)17-38(29(23)41)25-7-8-27(39)34-28(25)40/h1-6,13,21-22,25H,7-12,14-18H2,(H,34,39,40). The van der Waals surface area contributed by atoms with Crippen molar-refractivity contribution in [1.29, 1.82) is 0 Å². The molecule has 13 heteroatoms. The van der Waals surface area contributed by atoms with Crippen LogP contribution in [-0.4, -0.2) is 59.7 Å². The zero-order valence-electron chi connectivity index (χ0n) is 23.3. The van der Waals surface area contributed by atoms with Crippen LogP contribution in [0.4, 0.5) is 0 Å². The van der Waals surface area contributed by atoms with E-state index in [9.17, 15) is 14.4 Å². The summed E-state index contributed by atoms with van der Waals surface area (Å²) in [5.74, 6) is 0.0516. The molecular weight excluding hydrogens is 538 g/mol. The van der Waals surface area contributed by atoms with Crippen LogP contribution in [0, 0.1) is 11.8 Å². The lowest BCUT2D eigenvalue weighted by atomic mass is 9.84. The molecule has 42 heavy (non-hydrogen) atoms. The van der Waals surface area contributed by atoms with E-state index in [2.05, 4.69) is 42.4 Å². The third-order valence-corrected chi connectivity index (χ3v) is 8.39. The van der Waals surface area contributed by atoms with Gasteiger partial charge in [-0.05, 0) is 78.5 Å². The van der Waals surface area contributed by atoms with Crippen molar-refractivity contribution < 1.29 is 19.1 Å². The van der Waals surface area contributed by atoms with E-state index in [0.29, 0.717) is 43.3 Å². The predicted octanol–water partition coefficient (Wildman–Crippen LogP) is 4.48. The second-order valence-corrected chi connectivity index (χ2v) is 11.0. The van der Waals surface area contributed by atoms with Gasteiger partial charge in [0.1, 0.15) is 18.4 Å². The number of nitrogens with zero attached hydrogens (tertiary/aromatic N) is 8. The van der Waals surface area contributed by atoms with Gasteiger partial charge in [-0.15, -0.1) is 0 Å². The molecule has 2 saturated heterocycles. The van der Waals surface area contributed by atoms with E-state index in [-0.39, 0.29) is 30.7 Å². The Morgan fingerprint density at radius 3 is 2.40 bits per heavy atom. The number of rotatable bonds is 11. The third-order valence-electron chi connectivity index (χ3n) is 8.39. The third kappa shape index (κ3) is 6.66. The molecule has 3 amide bonds. The average Bonchev–Trinajstić information content (AvgIpc) is 3.33. The number of benzene rings is 2. The maximum Gasteiger partial charge on any atom is 0.255 e. The molecule has 13 nitrogen and oxygen atoms in total. The SMILES string of the molecule is [N-]=[N+]=NCC(CN=[N+]=[N-])C1CCN(Cc2cccc(COc3cccc4c3CN(C3CCC(=O)NC3=O)C4=O)c2)CC1. The summed E-state index contributed by atoms with van der Waals surface area (Å²) in [6.45, 7) is 3.89. The maximum atomic E-state index is 13.1. The Morgan fingerprint density at radius 2 is 1.69 bits per heavy atom. The summed E-state index contributed by atoms with van der Waals surface area (Å²) in [5, 5.41) is 9.76. The first-order chi connectivity index (χ1) is 20.5. The second kappa shape index (κ2) is 13.4.